The van der Waals surface area contributed by atoms with E-state index in [0.717, 1.165) is 10.8 Å². The van der Waals surface area contributed by atoms with Gasteiger partial charge in [0, 0.05) is 0 Å². The number of aromatic hydroxyl groups is 2. The Morgan fingerprint density at radius 3 is 2.59 bits per heavy atom. The fourth-order valence-electron chi connectivity index (χ4n) is 2.57. The third-order valence-corrected chi connectivity index (χ3v) is 4.44. The van der Waals surface area contributed by atoms with Crippen LogP contribution in [0.5, 0.6) is 17.2 Å². The number of fused-ring (bicyclic) bond motifs is 1. The lowest BCUT2D eigenvalue weighted by Gasteiger charge is -2.08. The number of rotatable bonds is 5. The molecule has 6 nitrogen and oxygen atoms in total. The molecule has 0 aliphatic heterocycles. The second-order valence-corrected chi connectivity index (χ2v) is 6.55. The molecule has 0 aliphatic rings. The van der Waals surface area contributed by atoms with Crippen LogP contribution in [0.15, 0.2) is 58.1 Å². The fourth-order valence-corrected chi connectivity index (χ4v) is 3.03. The molecule has 0 heterocycles. The highest BCUT2D eigenvalue weighted by atomic mass is 79.9. The van der Waals surface area contributed by atoms with E-state index in [4.69, 9.17) is 4.74 Å². The van der Waals surface area contributed by atoms with E-state index in [2.05, 4.69) is 26.5 Å². The molecule has 0 aromatic heterocycles. The second kappa shape index (κ2) is 8.09. The van der Waals surface area contributed by atoms with Crippen molar-refractivity contribution in [1.29, 1.82) is 0 Å². The number of nitrogens with zero attached hydrogens (tertiary/aromatic N) is 1. The lowest BCUT2D eigenvalue weighted by atomic mass is 10.1. The van der Waals surface area contributed by atoms with Crippen LogP contribution in [0, 0.1) is 0 Å². The van der Waals surface area contributed by atoms with Crippen molar-refractivity contribution in [3.63, 3.8) is 0 Å². The Bertz CT molecular complexity index is 1030. The Balaban J connectivity index is 1.79. The van der Waals surface area contributed by atoms with Crippen molar-refractivity contribution in [1.82, 2.24) is 5.43 Å². The Hall–Kier alpha value is -3.06. The number of nitrogens with one attached hydrogen (secondary N) is 1. The summed E-state index contributed by atoms with van der Waals surface area (Å²) in [5, 5.41) is 25.6. The zero-order chi connectivity index (χ0) is 19.4. The summed E-state index contributed by atoms with van der Waals surface area (Å²) in [6.45, 7) is 2.21. The van der Waals surface area contributed by atoms with Crippen molar-refractivity contribution in [2.24, 2.45) is 5.10 Å². The number of phenols is 2. The summed E-state index contributed by atoms with van der Waals surface area (Å²) in [4.78, 5) is 12.3. The molecule has 0 aliphatic carbocycles. The van der Waals surface area contributed by atoms with E-state index in [9.17, 15) is 15.0 Å². The van der Waals surface area contributed by atoms with E-state index < -0.39 is 5.91 Å². The largest absolute Gasteiger partial charge is 0.507 e. The van der Waals surface area contributed by atoms with Gasteiger partial charge in [-0.3, -0.25) is 4.79 Å². The topological polar surface area (TPSA) is 91.2 Å². The number of amides is 1. The van der Waals surface area contributed by atoms with Crippen LogP contribution < -0.4 is 10.2 Å². The molecule has 0 bridgehead atoms. The van der Waals surface area contributed by atoms with Crippen LogP contribution in [-0.4, -0.2) is 28.9 Å². The molecule has 0 saturated heterocycles. The molecule has 0 fully saturated rings. The van der Waals surface area contributed by atoms with Crippen LogP contribution in [-0.2, 0) is 0 Å². The van der Waals surface area contributed by atoms with Gasteiger partial charge in [-0.2, -0.15) is 5.10 Å². The molecule has 7 heteroatoms. The van der Waals surface area contributed by atoms with Crippen LogP contribution in [0.3, 0.4) is 0 Å². The number of phenolic OH excluding ortho intramolecular Hbond substituents is 2. The maximum absolute atomic E-state index is 12.3. The number of benzene rings is 3. The molecule has 3 aromatic carbocycles. The Morgan fingerprint density at radius 2 is 1.89 bits per heavy atom. The van der Waals surface area contributed by atoms with Gasteiger partial charge in [-0.25, -0.2) is 5.43 Å². The summed E-state index contributed by atoms with van der Waals surface area (Å²) < 4.78 is 5.80. The summed E-state index contributed by atoms with van der Waals surface area (Å²) in [7, 11) is 0. The Morgan fingerprint density at radius 1 is 1.19 bits per heavy atom. The number of ether oxygens (including phenoxy) is 1. The minimum absolute atomic E-state index is 0.000813. The number of hydrazone groups is 1. The zero-order valence-corrected chi connectivity index (χ0v) is 16.0. The minimum atomic E-state index is -0.530. The maximum atomic E-state index is 12.3. The number of carbonyl (C=O) groups is 1. The summed E-state index contributed by atoms with van der Waals surface area (Å²) in [5.74, 6) is -0.337. The highest BCUT2D eigenvalue weighted by Gasteiger charge is 2.12. The van der Waals surface area contributed by atoms with E-state index in [1.165, 1.54) is 6.21 Å². The first-order chi connectivity index (χ1) is 13.0. The summed E-state index contributed by atoms with van der Waals surface area (Å²) in [5.41, 5.74) is 3.14. The smallest absolute Gasteiger partial charge is 0.275 e. The van der Waals surface area contributed by atoms with Gasteiger partial charge >= 0.3 is 0 Å². The quantitative estimate of drug-likeness (QED) is 0.419. The van der Waals surface area contributed by atoms with E-state index in [-0.39, 0.29) is 17.1 Å². The van der Waals surface area contributed by atoms with Crippen molar-refractivity contribution in [2.75, 3.05) is 6.61 Å². The standard InChI is InChI=1S/C20H17BrN2O4/c1-2-27-18-8-12(7-16(21)19(18)25)11-22-23-20(26)15-9-13-5-3-4-6-14(13)10-17(15)24/h3-11,24-25H,2H2,1H3,(H,23,26). The fraction of sp³-hybridized carbons (Fsp3) is 0.100. The van der Waals surface area contributed by atoms with E-state index >= 15 is 0 Å². The van der Waals surface area contributed by atoms with Crippen molar-refractivity contribution >= 4 is 38.8 Å². The second-order valence-electron chi connectivity index (χ2n) is 5.70. The average Bonchev–Trinajstić information content (AvgIpc) is 2.65. The van der Waals surface area contributed by atoms with E-state index in [0.29, 0.717) is 22.4 Å². The van der Waals surface area contributed by atoms with Crippen LogP contribution in [0.1, 0.15) is 22.8 Å². The summed E-state index contributed by atoms with van der Waals surface area (Å²) in [6, 6.07) is 13.8. The number of halogens is 1. The lowest BCUT2D eigenvalue weighted by molar-refractivity contribution is 0.0952. The Labute approximate surface area is 164 Å². The van der Waals surface area contributed by atoms with Crippen LogP contribution in [0.4, 0.5) is 0 Å². The monoisotopic (exact) mass is 428 g/mol. The molecular weight excluding hydrogens is 412 g/mol. The predicted molar refractivity (Wildman–Crippen MR) is 108 cm³/mol. The molecule has 3 aromatic rings. The maximum Gasteiger partial charge on any atom is 0.275 e. The van der Waals surface area contributed by atoms with E-state index in [1.807, 2.05) is 31.2 Å². The van der Waals surface area contributed by atoms with Crippen LogP contribution >= 0.6 is 15.9 Å². The number of hydrogen-bond donors (Lipinski definition) is 3. The van der Waals surface area contributed by atoms with Gasteiger partial charge in [0.2, 0.25) is 0 Å². The van der Waals surface area contributed by atoms with Gasteiger partial charge in [0.05, 0.1) is 22.9 Å². The molecule has 3 N–H and O–H groups in total. The molecule has 1 amide bonds. The van der Waals surface area contributed by atoms with E-state index in [1.54, 1.807) is 24.3 Å². The molecule has 0 saturated carbocycles. The highest BCUT2D eigenvalue weighted by molar-refractivity contribution is 9.10. The first-order valence-electron chi connectivity index (χ1n) is 8.20. The van der Waals surface area contributed by atoms with Crippen molar-refractivity contribution in [3.8, 4) is 17.2 Å². The molecular formula is C20H17BrN2O4. The number of hydrogen-bond acceptors (Lipinski definition) is 5. The van der Waals surface area contributed by atoms with Crippen molar-refractivity contribution in [2.45, 2.75) is 6.92 Å². The van der Waals surface area contributed by atoms with Gasteiger partial charge in [0.1, 0.15) is 5.75 Å². The van der Waals surface area contributed by atoms with Gasteiger partial charge in [0.25, 0.3) is 5.91 Å². The summed E-state index contributed by atoms with van der Waals surface area (Å²) in [6.07, 6.45) is 1.42. The van der Waals surface area contributed by atoms with Gasteiger partial charge in [0.15, 0.2) is 11.5 Å². The molecule has 3 rings (SSSR count). The zero-order valence-electron chi connectivity index (χ0n) is 14.4. The van der Waals surface area contributed by atoms with Crippen LogP contribution in [0.2, 0.25) is 0 Å². The molecule has 0 radical (unpaired) electrons. The third-order valence-electron chi connectivity index (χ3n) is 3.84. The normalized spacial score (nSPS) is 11.0. The van der Waals surface area contributed by atoms with Crippen molar-refractivity contribution < 1.29 is 19.7 Å². The van der Waals surface area contributed by atoms with Crippen LogP contribution in [0.25, 0.3) is 10.8 Å². The Kier molecular flexibility index (Phi) is 5.61. The first-order valence-corrected chi connectivity index (χ1v) is 8.99. The third kappa shape index (κ3) is 4.20. The SMILES string of the molecule is CCOc1cc(C=NNC(=O)c2cc3ccccc3cc2O)cc(Br)c1O. The molecule has 138 valence electrons. The first kappa shape index (κ1) is 18.7. The molecule has 0 atom stereocenters. The highest BCUT2D eigenvalue weighted by Crippen LogP contribution is 2.35. The van der Waals surface area contributed by atoms with Gasteiger partial charge in [-0.1, -0.05) is 24.3 Å². The van der Waals surface area contributed by atoms with Gasteiger partial charge in [-0.15, -0.1) is 0 Å². The number of carbonyl (C=O) groups excluding carboxylic acids is 1. The average molecular weight is 429 g/mol. The predicted octanol–water partition coefficient (Wildman–Crippen LogP) is 4.18. The van der Waals surface area contributed by atoms with Gasteiger partial charge < -0.3 is 14.9 Å². The van der Waals surface area contributed by atoms with Crippen molar-refractivity contribution in [3.05, 3.63) is 64.1 Å². The lowest BCUT2D eigenvalue weighted by Crippen LogP contribution is -2.17. The molecule has 27 heavy (non-hydrogen) atoms. The molecule has 0 unspecified atom stereocenters. The van der Waals surface area contributed by atoms with Gasteiger partial charge in [-0.05, 0) is 63.5 Å². The molecule has 0 spiro atoms. The summed E-state index contributed by atoms with van der Waals surface area (Å²) >= 11 is 3.24. The minimum Gasteiger partial charge on any atom is -0.507 e.